The number of hydrogen-bond donors (Lipinski definition) is 1. The van der Waals surface area contributed by atoms with Gasteiger partial charge in [-0.05, 0) is 43.3 Å². The van der Waals surface area contributed by atoms with E-state index >= 15 is 0 Å². The van der Waals surface area contributed by atoms with Gasteiger partial charge in [-0.3, -0.25) is 19.6 Å². The molecule has 2 aliphatic heterocycles. The highest BCUT2D eigenvalue weighted by Crippen LogP contribution is 2.32. The number of hydrogen-bond acceptors (Lipinski definition) is 6. The Bertz CT molecular complexity index is 727. The fourth-order valence-corrected chi connectivity index (χ4v) is 3.24. The second-order valence-electron chi connectivity index (χ2n) is 6.14. The number of fused-ring (bicyclic) bond motifs is 1. The average Bonchev–Trinajstić information content (AvgIpc) is 3.33. The summed E-state index contributed by atoms with van der Waals surface area (Å²) in [5.41, 5.74) is 1.00. The normalized spacial score (nSPS) is 15.0. The minimum absolute atomic E-state index is 0.0778. The van der Waals surface area contributed by atoms with Gasteiger partial charge in [0.2, 0.25) is 12.7 Å². The van der Waals surface area contributed by atoms with Gasteiger partial charge in [0.1, 0.15) is 0 Å². The van der Waals surface area contributed by atoms with Gasteiger partial charge in [-0.2, -0.15) is 0 Å². The van der Waals surface area contributed by atoms with Crippen LogP contribution in [0.15, 0.2) is 18.2 Å². The summed E-state index contributed by atoms with van der Waals surface area (Å²) in [7, 11) is 0. The highest BCUT2D eigenvalue weighted by atomic mass is 32.1. The third-order valence-electron chi connectivity index (χ3n) is 4.28. The Morgan fingerprint density at radius 1 is 1.19 bits per heavy atom. The zero-order valence-electron chi connectivity index (χ0n) is 15.2. The maximum atomic E-state index is 12.4. The van der Waals surface area contributed by atoms with E-state index in [-0.39, 0.29) is 31.5 Å². The van der Waals surface area contributed by atoms with Crippen molar-refractivity contribution >= 4 is 29.2 Å². The number of hydrazine groups is 1. The van der Waals surface area contributed by atoms with Gasteiger partial charge in [-0.25, -0.2) is 0 Å². The van der Waals surface area contributed by atoms with Crippen molar-refractivity contribution in [3.8, 4) is 11.5 Å². The molecule has 9 heteroatoms. The standard InChI is InChI=1S/C18H23N3O5S/c1-2-24-17(23)7-6-16(22)20-8-3-9-21(20)18(27)19-11-13-4-5-14-15(10-13)26-12-25-14/h4-5,10H,2-3,6-9,11-12H2,1H3,(H,19,27). The Labute approximate surface area is 163 Å². The van der Waals surface area contributed by atoms with Crippen molar-refractivity contribution in [3.63, 3.8) is 0 Å². The van der Waals surface area contributed by atoms with Crippen LogP contribution in [0, 0.1) is 0 Å². The van der Waals surface area contributed by atoms with Crippen molar-refractivity contribution in [2.75, 3.05) is 26.5 Å². The SMILES string of the molecule is CCOC(=O)CCC(=O)N1CCCN1C(=S)NCc1ccc2c(c1)OCO2. The summed E-state index contributed by atoms with van der Waals surface area (Å²) in [6.45, 7) is 4.06. The van der Waals surface area contributed by atoms with Gasteiger partial charge in [0.05, 0.1) is 13.0 Å². The van der Waals surface area contributed by atoms with Crippen LogP contribution < -0.4 is 14.8 Å². The van der Waals surface area contributed by atoms with Gasteiger partial charge in [-0.15, -0.1) is 0 Å². The first-order valence-electron chi connectivity index (χ1n) is 8.98. The molecule has 2 heterocycles. The first-order valence-corrected chi connectivity index (χ1v) is 9.39. The van der Waals surface area contributed by atoms with Crippen LogP contribution in [0.4, 0.5) is 0 Å². The Kier molecular flexibility index (Phi) is 6.33. The molecule has 27 heavy (non-hydrogen) atoms. The lowest BCUT2D eigenvalue weighted by Crippen LogP contribution is -2.48. The summed E-state index contributed by atoms with van der Waals surface area (Å²) in [4.78, 5) is 23.9. The van der Waals surface area contributed by atoms with Crippen LogP contribution in [-0.4, -0.2) is 53.5 Å². The minimum atomic E-state index is -0.361. The summed E-state index contributed by atoms with van der Waals surface area (Å²) < 4.78 is 15.5. The third-order valence-corrected chi connectivity index (χ3v) is 4.64. The van der Waals surface area contributed by atoms with Gasteiger partial charge in [0.15, 0.2) is 16.6 Å². The summed E-state index contributed by atoms with van der Waals surface area (Å²) in [6.07, 6.45) is 1.02. The topological polar surface area (TPSA) is 80.3 Å². The first kappa shape index (κ1) is 19.2. The van der Waals surface area contributed by atoms with E-state index in [1.165, 1.54) is 0 Å². The highest BCUT2D eigenvalue weighted by Gasteiger charge is 2.28. The molecular formula is C18H23N3O5S. The lowest BCUT2D eigenvalue weighted by atomic mass is 10.2. The molecule has 1 aromatic rings. The molecule has 0 spiro atoms. The quantitative estimate of drug-likeness (QED) is 0.576. The van der Waals surface area contributed by atoms with Crippen molar-refractivity contribution in [1.29, 1.82) is 0 Å². The van der Waals surface area contributed by atoms with Gasteiger partial charge in [0, 0.05) is 26.1 Å². The number of benzene rings is 1. The van der Waals surface area contributed by atoms with Crippen molar-refractivity contribution in [2.45, 2.75) is 32.7 Å². The number of carbonyl (C=O) groups excluding carboxylic acids is 2. The molecule has 1 N–H and O–H groups in total. The minimum Gasteiger partial charge on any atom is -0.466 e. The van der Waals surface area contributed by atoms with E-state index < -0.39 is 0 Å². The summed E-state index contributed by atoms with van der Waals surface area (Å²) in [6, 6.07) is 5.71. The van der Waals surface area contributed by atoms with Crippen LogP contribution >= 0.6 is 12.2 Å². The van der Waals surface area contributed by atoms with E-state index in [4.69, 9.17) is 26.4 Å². The monoisotopic (exact) mass is 393 g/mol. The van der Waals surface area contributed by atoms with E-state index in [1.54, 1.807) is 16.9 Å². The molecule has 8 nitrogen and oxygen atoms in total. The molecule has 3 rings (SSSR count). The molecule has 0 aliphatic carbocycles. The van der Waals surface area contributed by atoms with Crippen LogP contribution in [0.2, 0.25) is 0 Å². The van der Waals surface area contributed by atoms with Crippen LogP contribution in [0.3, 0.4) is 0 Å². The molecule has 2 aliphatic rings. The number of rotatable bonds is 6. The first-order chi connectivity index (χ1) is 13.1. The zero-order chi connectivity index (χ0) is 19.2. The summed E-state index contributed by atoms with van der Waals surface area (Å²) in [5, 5.41) is 7.02. The van der Waals surface area contributed by atoms with Crippen molar-refractivity contribution in [3.05, 3.63) is 23.8 Å². The third kappa shape index (κ3) is 4.79. The predicted octanol–water partition coefficient (Wildman–Crippen LogP) is 1.58. The van der Waals surface area contributed by atoms with E-state index in [1.807, 2.05) is 18.2 Å². The van der Waals surface area contributed by atoms with Gasteiger partial charge >= 0.3 is 5.97 Å². The second kappa shape index (κ2) is 8.90. The molecule has 0 radical (unpaired) electrons. The predicted molar refractivity (Wildman–Crippen MR) is 101 cm³/mol. The van der Waals surface area contributed by atoms with E-state index in [2.05, 4.69) is 5.32 Å². The van der Waals surface area contributed by atoms with E-state index in [0.717, 1.165) is 23.5 Å². The molecule has 0 atom stereocenters. The van der Waals surface area contributed by atoms with Crippen LogP contribution in [0.1, 0.15) is 31.7 Å². The Morgan fingerprint density at radius 2 is 1.96 bits per heavy atom. The number of nitrogens with zero attached hydrogens (tertiary/aromatic N) is 2. The second-order valence-corrected chi connectivity index (χ2v) is 6.53. The summed E-state index contributed by atoms with van der Waals surface area (Å²) in [5.74, 6) is 0.962. The zero-order valence-corrected chi connectivity index (χ0v) is 16.0. The Morgan fingerprint density at radius 3 is 2.78 bits per heavy atom. The molecule has 1 amide bonds. The van der Waals surface area contributed by atoms with Gasteiger partial charge in [-0.1, -0.05) is 6.07 Å². The number of amides is 1. The lowest BCUT2D eigenvalue weighted by Gasteiger charge is -2.30. The van der Waals surface area contributed by atoms with Crippen molar-refractivity contribution < 1.29 is 23.8 Å². The molecule has 1 saturated heterocycles. The lowest BCUT2D eigenvalue weighted by molar-refractivity contribution is -0.147. The fourth-order valence-electron chi connectivity index (χ4n) is 2.97. The Hall–Kier alpha value is -2.55. The largest absolute Gasteiger partial charge is 0.466 e. The molecule has 0 unspecified atom stereocenters. The average molecular weight is 393 g/mol. The maximum Gasteiger partial charge on any atom is 0.306 e. The molecular weight excluding hydrogens is 370 g/mol. The van der Waals surface area contributed by atoms with Crippen molar-refractivity contribution in [2.24, 2.45) is 0 Å². The number of esters is 1. The smallest absolute Gasteiger partial charge is 0.306 e. The van der Waals surface area contributed by atoms with Crippen LogP contribution in [0.25, 0.3) is 0 Å². The fraction of sp³-hybridized carbons (Fsp3) is 0.500. The maximum absolute atomic E-state index is 12.4. The summed E-state index contributed by atoms with van der Waals surface area (Å²) >= 11 is 5.46. The molecule has 146 valence electrons. The van der Waals surface area contributed by atoms with Gasteiger partial charge in [0.25, 0.3) is 0 Å². The molecule has 1 fully saturated rings. The number of ether oxygens (including phenoxy) is 3. The number of thiocarbonyl (C=S) groups is 1. The van der Waals surface area contributed by atoms with E-state index in [0.29, 0.717) is 31.4 Å². The van der Waals surface area contributed by atoms with Crippen LogP contribution in [-0.2, 0) is 20.9 Å². The highest BCUT2D eigenvalue weighted by molar-refractivity contribution is 7.80. The Balaban J connectivity index is 1.51. The molecule has 0 saturated carbocycles. The van der Waals surface area contributed by atoms with Gasteiger partial charge < -0.3 is 19.5 Å². The number of carbonyl (C=O) groups is 2. The molecule has 1 aromatic carbocycles. The number of nitrogens with one attached hydrogen (secondary N) is 1. The van der Waals surface area contributed by atoms with E-state index in [9.17, 15) is 9.59 Å². The molecule has 0 bridgehead atoms. The van der Waals surface area contributed by atoms with Crippen LogP contribution in [0.5, 0.6) is 11.5 Å². The molecule has 0 aromatic heterocycles. The van der Waals surface area contributed by atoms with Crippen molar-refractivity contribution in [1.82, 2.24) is 15.3 Å².